The molecular formula is C8H17NO. The first kappa shape index (κ1) is 8.02. The van der Waals surface area contributed by atoms with Crippen LogP contribution in [0.5, 0.6) is 0 Å². The third-order valence-corrected chi connectivity index (χ3v) is 2.14. The molecule has 0 aromatic heterocycles. The zero-order chi connectivity index (χ0) is 7.56. The fourth-order valence-corrected chi connectivity index (χ4v) is 1.72. The van der Waals surface area contributed by atoms with Gasteiger partial charge in [0.15, 0.2) is 0 Å². The first-order valence-electron chi connectivity index (χ1n) is 3.93. The van der Waals surface area contributed by atoms with Gasteiger partial charge >= 0.3 is 0 Å². The van der Waals surface area contributed by atoms with Gasteiger partial charge in [-0.15, -0.1) is 0 Å². The van der Waals surface area contributed by atoms with Gasteiger partial charge in [-0.2, -0.15) is 0 Å². The second kappa shape index (κ2) is 3.35. The molecule has 0 aromatic carbocycles. The number of likely N-dealkylation sites (N-methyl/N-ethyl adjacent to an activating group) is 1. The Morgan fingerprint density at radius 1 is 1.40 bits per heavy atom. The van der Waals surface area contributed by atoms with Gasteiger partial charge in [0, 0.05) is 20.2 Å². The standard InChI is InChI=1S/C8H17NO/c1-7-4-8(10-3)6-9(2)5-7/h7-8H,4-6H2,1-3H3/t7-,8+/m0/s1. The molecule has 0 radical (unpaired) electrons. The van der Waals surface area contributed by atoms with Crippen LogP contribution in [0.4, 0.5) is 0 Å². The molecule has 2 heteroatoms. The summed E-state index contributed by atoms with van der Waals surface area (Å²) in [4.78, 5) is 2.34. The van der Waals surface area contributed by atoms with Gasteiger partial charge in [-0.05, 0) is 19.4 Å². The summed E-state index contributed by atoms with van der Waals surface area (Å²) in [6.45, 7) is 4.60. The van der Waals surface area contributed by atoms with Crippen LogP contribution in [-0.2, 0) is 4.74 Å². The lowest BCUT2D eigenvalue weighted by Crippen LogP contribution is -2.40. The number of nitrogens with zero attached hydrogens (tertiary/aromatic N) is 1. The van der Waals surface area contributed by atoms with E-state index in [0.717, 1.165) is 12.5 Å². The van der Waals surface area contributed by atoms with Crippen LogP contribution >= 0.6 is 0 Å². The first-order valence-corrected chi connectivity index (χ1v) is 3.93. The maximum atomic E-state index is 5.29. The molecule has 0 spiro atoms. The largest absolute Gasteiger partial charge is 0.380 e. The summed E-state index contributed by atoms with van der Waals surface area (Å²) in [6, 6.07) is 0. The van der Waals surface area contributed by atoms with Crippen molar-refractivity contribution in [2.45, 2.75) is 19.4 Å². The summed E-state index contributed by atoms with van der Waals surface area (Å²) in [5, 5.41) is 0. The van der Waals surface area contributed by atoms with E-state index in [4.69, 9.17) is 4.74 Å². The normalized spacial score (nSPS) is 36.3. The third-order valence-electron chi connectivity index (χ3n) is 2.14. The molecule has 60 valence electrons. The quantitative estimate of drug-likeness (QED) is 0.542. The molecule has 0 N–H and O–H groups in total. The summed E-state index contributed by atoms with van der Waals surface area (Å²) in [5.41, 5.74) is 0. The van der Waals surface area contributed by atoms with Gasteiger partial charge in [0.1, 0.15) is 0 Å². The molecule has 1 saturated heterocycles. The van der Waals surface area contributed by atoms with Crippen molar-refractivity contribution in [1.82, 2.24) is 4.90 Å². The fraction of sp³-hybridized carbons (Fsp3) is 1.00. The molecule has 1 aliphatic rings. The molecule has 0 aliphatic carbocycles. The molecule has 0 aromatic rings. The van der Waals surface area contributed by atoms with Gasteiger partial charge in [0.2, 0.25) is 0 Å². The van der Waals surface area contributed by atoms with Crippen LogP contribution in [0.3, 0.4) is 0 Å². The smallest absolute Gasteiger partial charge is 0.0701 e. The van der Waals surface area contributed by atoms with Crippen LogP contribution in [-0.4, -0.2) is 38.3 Å². The molecule has 2 nitrogen and oxygen atoms in total. The van der Waals surface area contributed by atoms with E-state index in [-0.39, 0.29) is 0 Å². The Bertz CT molecular complexity index is 95.4. The topological polar surface area (TPSA) is 12.5 Å². The highest BCUT2D eigenvalue weighted by Gasteiger charge is 2.21. The highest BCUT2D eigenvalue weighted by atomic mass is 16.5. The summed E-state index contributed by atoms with van der Waals surface area (Å²) in [6.07, 6.45) is 1.69. The van der Waals surface area contributed by atoms with Gasteiger partial charge in [0.05, 0.1) is 6.10 Å². The molecule has 10 heavy (non-hydrogen) atoms. The number of hydrogen-bond acceptors (Lipinski definition) is 2. The lowest BCUT2D eigenvalue weighted by atomic mass is 9.98. The SMILES string of the molecule is CO[C@@H]1C[C@H](C)CN(C)C1. The second-order valence-corrected chi connectivity index (χ2v) is 3.42. The van der Waals surface area contributed by atoms with Crippen molar-refractivity contribution in [3.63, 3.8) is 0 Å². The zero-order valence-electron chi connectivity index (χ0n) is 7.13. The lowest BCUT2D eigenvalue weighted by molar-refractivity contribution is 0.0208. The molecule has 1 aliphatic heterocycles. The number of likely N-dealkylation sites (tertiary alicyclic amines) is 1. The lowest BCUT2D eigenvalue weighted by Gasteiger charge is -2.32. The molecule has 0 amide bonds. The second-order valence-electron chi connectivity index (χ2n) is 3.42. The number of ether oxygens (including phenoxy) is 1. The summed E-state index contributed by atoms with van der Waals surface area (Å²) >= 11 is 0. The average Bonchev–Trinajstić information content (AvgIpc) is 1.85. The van der Waals surface area contributed by atoms with Crippen LogP contribution in [0, 0.1) is 5.92 Å². The molecular weight excluding hydrogens is 126 g/mol. The highest BCUT2D eigenvalue weighted by Crippen LogP contribution is 2.16. The minimum absolute atomic E-state index is 0.466. The summed E-state index contributed by atoms with van der Waals surface area (Å²) < 4.78 is 5.29. The number of methoxy groups -OCH3 is 1. The minimum Gasteiger partial charge on any atom is -0.380 e. The third kappa shape index (κ3) is 1.96. The van der Waals surface area contributed by atoms with E-state index in [0.29, 0.717) is 6.10 Å². The molecule has 1 fully saturated rings. The Labute approximate surface area is 63.2 Å². The highest BCUT2D eigenvalue weighted by molar-refractivity contribution is 4.74. The zero-order valence-corrected chi connectivity index (χ0v) is 7.13. The van der Waals surface area contributed by atoms with E-state index in [1.165, 1.54) is 13.0 Å². The Hall–Kier alpha value is -0.0800. The van der Waals surface area contributed by atoms with Gasteiger partial charge < -0.3 is 9.64 Å². The van der Waals surface area contributed by atoms with Crippen molar-refractivity contribution in [3.8, 4) is 0 Å². The van der Waals surface area contributed by atoms with Crippen LogP contribution in [0.1, 0.15) is 13.3 Å². The summed E-state index contributed by atoms with van der Waals surface area (Å²) in [7, 11) is 3.96. The van der Waals surface area contributed by atoms with E-state index in [1.54, 1.807) is 7.11 Å². The van der Waals surface area contributed by atoms with Crippen molar-refractivity contribution < 1.29 is 4.74 Å². The Kier molecular flexibility index (Phi) is 2.69. The van der Waals surface area contributed by atoms with Crippen LogP contribution in [0.2, 0.25) is 0 Å². The van der Waals surface area contributed by atoms with E-state index < -0.39 is 0 Å². The molecule has 0 unspecified atom stereocenters. The maximum absolute atomic E-state index is 5.29. The first-order chi connectivity index (χ1) is 4.72. The molecule has 2 atom stereocenters. The molecule has 0 saturated carbocycles. The number of piperidine rings is 1. The van der Waals surface area contributed by atoms with Crippen molar-refractivity contribution in [3.05, 3.63) is 0 Å². The number of rotatable bonds is 1. The van der Waals surface area contributed by atoms with Crippen LogP contribution < -0.4 is 0 Å². The predicted molar refractivity (Wildman–Crippen MR) is 42.1 cm³/mol. The molecule has 1 heterocycles. The van der Waals surface area contributed by atoms with E-state index in [2.05, 4.69) is 18.9 Å². The summed E-state index contributed by atoms with van der Waals surface area (Å²) in [5.74, 6) is 0.795. The monoisotopic (exact) mass is 143 g/mol. The van der Waals surface area contributed by atoms with Gasteiger partial charge in [-0.1, -0.05) is 6.92 Å². The van der Waals surface area contributed by atoms with Crippen LogP contribution in [0.25, 0.3) is 0 Å². The number of hydrogen-bond donors (Lipinski definition) is 0. The van der Waals surface area contributed by atoms with Crippen molar-refractivity contribution in [2.75, 3.05) is 27.2 Å². The van der Waals surface area contributed by atoms with E-state index in [1.807, 2.05) is 0 Å². The van der Waals surface area contributed by atoms with Gasteiger partial charge in [-0.3, -0.25) is 0 Å². The maximum Gasteiger partial charge on any atom is 0.0701 e. The Balaban J connectivity index is 2.35. The molecule has 1 rings (SSSR count). The van der Waals surface area contributed by atoms with Crippen molar-refractivity contribution in [1.29, 1.82) is 0 Å². The van der Waals surface area contributed by atoms with Crippen LogP contribution in [0.15, 0.2) is 0 Å². The van der Waals surface area contributed by atoms with E-state index >= 15 is 0 Å². The fourth-order valence-electron chi connectivity index (χ4n) is 1.72. The molecule has 0 bridgehead atoms. The Morgan fingerprint density at radius 2 is 2.10 bits per heavy atom. The van der Waals surface area contributed by atoms with E-state index in [9.17, 15) is 0 Å². The van der Waals surface area contributed by atoms with Gasteiger partial charge in [0.25, 0.3) is 0 Å². The van der Waals surface area contributed by atoms with Crippen molar-refractivity contribution in [2.24, 2.45) is 5.92 Å². The average molecular weight is 143 g/mol. The predicted octanol–water partition coefficient (Wildman–Crippen LogP) is 0.973. The van der Waals surface area contributed by atoms with Gasteiger partial charge in [-0.25, -0.2) is 0 Å². The van der Waals surface area contributed by atoms with Crippen molar-refractivity contribution >= 4 is 0 Å². The minimum atomic E-state index is 0.466. The Morgan fingerprint density at radius 3 is 2.60 bits per heavy atom.